The van der Waals surface area contributed by atoms with Crippen molar-refractivity contribution in [3.8, 4) is 0 Å². The van der Waals surface area contributed by atoms with Gasteiger partial charge in [-0.25, -0.2) is 9.59 Å². The van der Waals surface area contributed by atoms with Crippen molar-refractivity contribution in [2.24, 2.45) is 5.92 Å². The highest BCUT2D eigenvalue weighted by molar-refractivity contribution is 8.01. The van der Waals surface area contributed by atoms with Crippen molar-refractivity contribution in [2.45, 2.75) is 61.9 Å². The van der Waals surface area contributed by atoms with Crippen molar-refractivity contribution in [1.82, 2.24) is 9.88 Å². The van der Waals surface area contributed by atoms with E-state index in [0.717, 1.165) is 11.7 Å². The maximum atomic E-state index is 10.6. The van der Waals surface area contributed by atoms with Crippen LogP contribution in [0.25, 0.3) is 0 Å². The number of pyridine rings is 1. The third-order valence-corrected chi connectivity index (χ3v) is 7.46. The van der Waals surface area contributed by atoms with Gasteiger partial charge in [0.15, 0.2) is 0 Å². The van der Waals surface area contributed by atoms with Gasteiger partial charge in [0.1, 0.15) is 0 Å². The van der Waals surface area contributed by atoms with Crippen LogP contribution in [0.15, 0.2) is 24.5 Å². The third-order valence-electron chi connectivity index (χ3n) is 5.88. The van der Waals surface area contributed by atoms with Gasteiger partial charge in [-0.2, -0.15) is 26.3 Å². The largest absolute Gasteiger partial charge is 0.490 e. The van der Waals surface area contributed by atoms with Gasteiger partial charge in [-0.15, -0.1) is 11.8 Å². The van der Waals surface area contributed by atoms with E-state index in [-0.39, 0.29) is 0 Å². The van der Waals surface area contributed by atoms with Crippen LogP contribution >= 0.6 is 11.8 Å². The lowest BCUT2D eigenvalue weighted by atomic mass is 9.91. The molecule has 1 spiro atoms. The van der Waals surface area contributed by atoms with E-state index in [4.69, 9.17) is 24.5 Å². The van der Waals surface area contributed by atoms with Crippen LogP contribution in [0.2, 0.25) is 0 Å². The Hall–Kier alpha value is -2.06. The average Bonchev–Trinajstić information content (AvgIpc) is 3.43. The summed E-state index contributed by atoms with van der Waals surface area (Å²) in [4.78, 5) is 24.6. The lowest BCUT2D eigenvalue weighted by molar-refractivity contribution is -0.193. The van der Waals surface area contributed by atoms with Crippen LogP contribution in [0.5, 0.6) is 0 Å². The number of aliphatic carboxylic acids is 2. The fourth-order valence-corrected chi connectivity index (χ4v) is 5.89. The molecular weight excluding hydrogens is 518 g/mol. The zero-order valence-corrected chi connectivity index (χ0v) is 20.0. The van der Waals surface area contributed by atoms with E-state index in [1.807, 2.05) is 18.5 Å². The Morgan fingerprint density at radius 3 is 2.11 bits per heavy atom. The molecule has 0 radical (unpaired) electrons. The second-order valence-electron chi connectivity index (χ2n) is 8.92. The summed E-state index contributed by atoms with van der Waals surface area (Å²) in [6, 6.07) is 4.08. The molecule has 3 fully saturated rings. The van der Waals surface area contributed by atoms with Crippen molar-refractivity contribution in [1.29, 1.82) is 0 Å². The van der Waals surface area contributed by atoms with Gasteiger partial charge in [-0.05, 0) is 36.8 Å². The van der Waals surface area contributed by atoms with Crippen LogP contribution in [0.3, 0.4) is 0 Å². The van der Waals surface area contributed by atoms with Crippen LogP contribution in [-0.2, 0) is 20.9 Å². The Balaban J connectivity index is 0.000000271. The van der Waals surface area contributed by atoms with Gasteiger partial charge in [0, 0.05) is 42.5 Å². The van der Waals surface area contributed by atoms with E-state index in [1.54, 1.807) is 0 Å². The predicted molar refractivity (Wildman–Crippen MR) is 118 cm³/mol. The first-order chi connectivity index (χ1) is 16.7. The van der Waals surface area contributed by atoms with Crippen molar-refractivity contribution in [2.75, 3.05) is 25.4 Å². The molecule has 3 aliphatic rings. The monoisotopic (exact) mass is 546 g/mol. The van der Waals surface area contributed by atoms with Gasteiger partial charge in [-0.3, -0.25) is 4.98 Å². The van der Waals surface area contributed by atoms with Gasteiger partial charge in [0.25, 0.3) is 0 Å². The summed E-state index contributed by atoms with van der Waals surface area (Å²) < 4.78 is 70.1. The second kappa shape index (κ2) is 13.0. The maximum absolute atomic E-state index is 10.6. The molecule has 14 heteroatoms. The second-order valence-corrected chi connectivity index (χ2v) is 10.4. The molecular formula is C22H28F6N2O5S. The van der Waals surface area contributed by atoms with Gasteiger partial charge >= 0.3 is 24.3 Å². The zero-order chi connectivity index (χ0) is 27.0. The van der Waals surface area contributed by atoms with Crippen LogP contribution in [-0.4, -0.2) is 80.6 Å². The number of hydrogen-bond acceptors (Lipinski definition) is 6. The van der Waals surface area contributed by atoms with E-state index in [2.05, 4.69) is 27.7 Å². The maximum Gasteiger partial charge on any atom is 0.490 e. The average molecular weight is 547 g/mol. The lowest BCUT2D eigenvalue weighted by Crippen LogP contribution is -2.59. The molecule has 1 aliphatic carbocycles. The Morgan fingerprint density at radius 1 is 1.08 bits per heavy atom. The first-order valence-corrected chi connectivity index (χ1v) is 12.2. The highest BCUT2D eigenvalue weighted by atomic mass is 32.2. The number of thioether (sulfide) groups is 1. The summed E-state index contributed by atoms with van der Waals surface area (Å²) in [7, 11) is 0. The molecule has 1 saturated carbocycles. The highest BCUT2D eigenvalue weighted by Gasteiger charge is 2.49. The van der Waals surface area contributed by atoms with Crippen LogP contribution in [0.1, 0.15) is 37.7 Å². The number of nitrogens with zero attached hydrogens (tertiary/aromatic N) is 2. The first kappa shape index (κ1) is 30.2. The van der Waals surface area contributed by atoms with E-state index < -0.39 is 24.3 Å². The predicted octanol–water partition coefficient (Wildman–Crippen LogP) is 4.61. The Bertz CT molecular complexity index is 820. The molecule has 0 bridgehead atoms. The SMILES string of the molecule is O=C(O)C(F)(F)F.O=C(O)C(F)(F)F.c1cncc(COC2CSC3(C2)CN(CC2CCCC2)C3)c1. The van der Waals surface area contributed by atoms with Gasteiger partial charge in [0.2, 0.25) is 0 Å². The summed E-state index contributed by atoms with van der Waals surface area (Å²) in [5.41, 5.74) is 1.19. The molecule has 2 aliphatic heterocycles. The first-order valence-electron chi connectivity index (χ1n) is 11.2. The minimum atomic E-state index is -5.08. The quantitative estimate of drug-likeness (QED) is 0.517. The minimum absolute atomic E-state index is 0.429. The highest BCUT2D eigenvalue weighted by Crippen LogP contribution is 2.46. The minimum Gasteiger partial charge on any atom is -0.475 e. The zero-order valence-electron chi connectivity index (χ0n) is 19.2. The molecule has 36 heavy (non-hydrogen) atoms. The summed E-state index contributed by atoms with van der Waals surface area (Å²) in [6.07, 6.45) is 1.08. The number of rotatable bonds is 5. The number of halogens is 6. The van der Waals surface area contributed by atoms with E-state index in [0.29, 0.717) is 17.5 Å². The van der Waals surface area contributed by atoms with E-state index in [9.17, 15) is 26.3 Å². The van der Waals surface area contributed by atoms with Gasteiger partial charge in [-0.1, -0.05) is 18.9 Å². The number of hydrogen-bond donors (Lipinski definition) is 2. The van der Waals surface area contributed by atoms with Crippen molar-refractivity contribution >= 4 is 23.7 Å². The molecule has 3 heterocycles. The summed E-state index contributed by atoms with van der Waals surface area (Å²) in [6.45, 7) is 4.65. The number of carbonyl (C=O) groups is 2. The molecule has 1 aromatic heterocycles. The molecule has 1 unspecified atom stereocenters. The molecule has 1 aromatic rings. The van der Waals surface area contributed by atoms with Crippen molar-refractivity contribution in [3.05, 3.63) is 30.1 Å². The van der Waals surface area contributed by atoms with Crippen molar-refractivity contribution in [3.63, 3.8) is 0 Å². The molecule has 2 saturated heterocycles. The fourth-order valence-electron chi connectivity index (χ4n) is 4.28. The van der Waals surface area contributed by atoms with Gasteiger partial charge in [0.05, 0.1) is 12.7 Å². The summed E-state index contributed by atoms with van der Waals surface area (Å²) >= 11 is 2.15. The number of carboxylic acid groups (broad SMARTS) is 2. The molecule has 2 N–H and O–H groups in total. The number of likely N-dealkylation sites (tertiary alicyclic amines) is 1. The van der Waals surface area contributed by atoms with E-state index in [1.165, 1.54) is 57.3 Å². The Labute approximate surface area is 208 Å². The lowest BCUT2D eigenvalue weighted by Gasteiger charge is -2.48. The van der Waals surface area contributed by atoms with Crippen LogP contribution in [0, 0.1) is 5.92 Å². The Kier molecular flexibility index (Phi) is 10.9. The van der Waals surface area contributed by atoms with E-state index >= 15 is 0 Å². The number of alkyl halides is 6. The normalized spacial score (nSPS) is 21.7. The number of carboxylic acids is 2. The van der Waals surface area contributed by atoms with Crippen LogP contribution in [0.4, 0.5) is 26.3 Å². The molecule has 1 atom stereocenters. The molecule has 0 amide bonds. The molecule has 4 rings (SSSR count). The summed E-state index contributed by atoms with van der Waals surface area (Å²) in [5.74, 6) is -3.36. The molecule has 7 nitrogen and oxygen atoms in total. The number of aromatic nitrogens is 1. The third kappa shape index (κ3) is 10.1. The van der Waals surface area contributed by atoms with Crippen molar-refractivity contribution < 1.29 is 50.9 Å². The molecule has 204 valence electrons. The summed E-state index contributed by atoms with van der Waals surface area (Å²) in [5, 5.41) is 14.2. The topological polar surface area (TPSA) is 100.0 Å². The van der Waals surface area contributed by atoms with Crippen LogP contribution < -0.4 is 0 Å². The van der Waals surface area contributed by atoms with Gasteiger partial charge < -0.3 is 19.8 Å². The Morgan fingerprint density at radius 2 is 1.64 bits per heavy atom. The fraction of sp³-hybridized carbons (Fsp3) is 0.682. The molecule has 0 aromatic carbocycles. The standard InChI is InChI=1S/C18H26N2OS.2C2HF3O2/c1-2-5-15(4-1)10-20-13-18(14-20)8-17(12-22-18)21-11-16-6-3-7-19-9-16;2*3-2(4,5)1(6)7/h3,6-7,9,15,17H,1-2,4-5,8,10-14H2;2*(H,6,7). The number of ether oxygens (including phenoxy) is 1. The smallest absolute Gasteiger partial charge is 0.475 e.